The van der Waals surface area contributed by atoms with E-state index in [4.69, 9.17) is 4.74 Å². The van der Waals surface area contributed by atoms with Crippen LogP contribution >= 0.6 is 0 Å². The minimum Gasteiger partial charge on any atom is -0.497 e. The van der Waals surface area contributed by atoms with Crippen molar-refractivity contribution in [2.24, 2.45) is 0 Å². The van der Waals surface area contributed by atoms with E-state index in [1.807, 2.05) is 18.2 Å². The van der Waals surface area contributed by atoms with Gasteiger partial charge in [-0.1, -0.05) is 18.2 Å². The number of nitrogens with zero attached hydrogens (tertiary/aromatic N) is 1. The summed E-state index contributed by atoms with van der Waals surface area (Å²) in [7, 11) is -2.04. The summed E-state index contributed by atoms with van der Waals surface area (Å²) in [5.41, 5.74) is 2.88. The molecule has 1 amide bonds. The molecule has 0 aliphatic carbocycles. The lowest BCUT2D eigenvalue weighted by molar-refractivity contribution is 0.0985. The number of anilines is 2. The highest BCUT2D eigenvalue weighted by Crippen LogP contribution is 2.31. The normalized spacial score (nSPS) is 13.4. The lowest BCUT2D eigenvalue weighted by Gasteiger charge is -2.30. The first-order valence-electron chi connectivity index (χ1n) is 9.65. The molecule has 7 heteroatoms. The Bertz CT molecular complexity index is 1160. The van der Waals surface area contributed by atoms with Crippen molar-refractivity contribution in [3.8, 4) is 5.75 Å². The van der Waals surface area contributed by atoms with E-state index in [0.29, 0.717) is 17.8 Å². The number of fused-ring (bicyclic) bond motifs is 1. The van der Waals surface area contributed by atoms with E-state index in [1.54, 1.807) is 54.5 Å². The monoisotopic (exact) mass is 422 g/mol. The lowest BCUT2D eigenvalue weighted by Crippen LogP contribution is -2.35. The van der Waals surface area contributed by atoms with Crippen LogP contribution in [0.15, 0.2) is 77.7 Å². The van der Waals surface area contributed by atoms with Gasteiger partial charge in [0.1, 0.15) is 5.75 Å². The smallest absolute Gasteiger partial charge is 0.261 e. The second kappa shape index (κ2) is 8.20. The number of nitrogens with one attached hydrogen (secondary N) is 1. The topological polar surface area (TPSA) is 75.7 Å². The Labute approximate surface area is 176 Å². The maximum absolute atomic E-state index is 13.1. The molecule has 0 unspecified atom stereocenters. The van der Waals surface area contributed by atoms with Crippen molar-refractivity contribution in [1.82, 2.24) is 0 Å². The van der Waals surface area contributed by atoms with Gasteiger partial charge < -0.3 is 9.64 Å². The van der Waals surface area contributed by atoms with Gasteiger partial charge in [0.15, 0.2) is 0 Å². The Kier molecular flexibility index (Phi) is 5.46. The molecule has 0 radical (unpaired) electrons. The van der Waals surface area contributed by atoms with Crippen LogP contribution in [0.3, 0.4) is 0 Å². The van der Waals surface area contributed by atoms with E-state index in [9.17, 15) is 13.2 Å². The largest absolute Gasteiger partial charge is 0.497 e. The van der Waals surface area contributed by atoms with Gasteiger partial charge in [0, 0.05) is 23.5 Å². The average Bonchev–Trinajstić information content (AvgIpc) is 2.78. The van der Waals surface area contributed by atoms with Crippen molar-refractivity contribution in [3.63, 3.8) is 0 Å². The van der Waals surface area contributed by atoms with E-state index < -0.39 is 10.0 Å². The van der Waals surface area contributed by atoms with Crippen LogP contribution in [0.5, 0.6) is 5.75 Å². The zero-order chi connectivity index (χ0) is 21.1. The number of carbonyl (C=O) groups excluding carboxylic acids is 1. The highest BCUT2D eigenvalue weighted by Gasteiger charge is 2.24. The van der Waals surface area contributed by atoms with Gasteiger partial charge in [0.05, 0.1) is 12.0 Å². The quantitative estimate of drug-likeness (QED) is 0.672. The number of benzene rings is 3. The third kappa shape index (κ3) is 4.02. The average molecular weight is 423 g/mol. The Hall–Kier alpha value is -3.32. The van der Waals surface area contributed by atoms with E-state index in [0.717, 1.165) is 29.8 Å². The van der Waals surface area contributed by atoms with E-state index in [-0.39, 0.29) is 10.8 Å². The summed E-state index contributed by atoms with van der Waals surface area (Å²) in [6, 6.07) is 20.4. The maximum atomic E-state index is 13.1. The SMILES string of the molecule is COc1ccc2c(c1)CCCN2C(=O)c1ccc(NS(=O)(=O)c2ccccc2)cc1. The van der Waals surface area contributed by atoms with Crippen LogP contribution in [0.4, 0.5) is 11.4 Å². The summed E-state index contributed by atoms with van der Waals surface area (Å²) >= 11 is 0. The molecular weight excluding hydrogens is 400 g/mol. The number of amides is 1. The summed E-state index contributed by atoms with van der Waals surface area (Å²) in [5.74, 6) is 0.664. The third-order valence-electron chi connectivity index (χ3n) is 5.09. The van der Waals surface area contributed by atoms with E-state index >= 15 is 0 Å². The van der Waals surface area contributed by atoms with Crippen molar-refractivity contribution in [1.29, 1.82) is 0 Å². The van der Waals surface area contributed by atoms with Crippen LogP contribution in [-0.4, -0.2) is 28.0 Å². The van der Waals surface area contributed by atoms with Gasteiger partial charge in [0.2, 0.25) is 0 Å². The van der Waals surface area contributed by atoms with Crippen LogP contribution in [0.1, 0.15) is 22.3 Å². The van der Waals surface area contributed by atoms with Crippen LogP contribution < -0.4 is 14.4 Å². The second-order valence-corrected chi connectivity index (χ2v) is 8.73. The Morgan fingerprint density at radius 1 is 1.00 bits per heavy atom. The first-order valence-corrected chi connectivity index (χ1v) is 11.1. The summed E-state index contributed by atoms with van der Waals surface area (Å²) in [6.07, 6.45) is 1.78. The number of ether oxygens (including phenoxy) is 1. The molecule has 0 fully saturated rings. The van der Waals surface area contributed by atoms with Gasteiger partial charge in [-0.15, -0.1) is 0 Å². The number of carbonyl (C=O) groups is 1. The minimum atomic E-state index is -3.67. The molecule has 154 valence electrons. The Morgan fingerprint density at radius 3 is 2.43 bits per heavy atom. The minimum absolute atomic E-state index is 0.112. The maximum Gasteiger partial charge on any atom is 0.261 e. The standard InChI is InChI=1S/C23H22N2O4S/c1-29-20-13-14-22-18(16-20)6-5-15-25(22)23(26)17-9-11-19(12-10-17)24-30(27,28)21-7-3-2-4-8-21/h2-4,7-14,16,24H,5-6,15H2,1H3. The number of hydrogen-bond acceptors (Lipinski definition) is 4. The second-order valence-electron chi connectivity index (χ2n) is 7.05. The third-order valence-corrected chi connectivity index (χ3v) is 6.49. The van der Waals surface area contributed by atoms with Crippen molar-refractivity contribution >= 4 is 27.3 Å². The number of hydrogen-bond donors (Lipinski definition) is 1. The van der Waals surface area contributed by atoms with Gasteiger partial charge >= 0.3 is 0 Å². The molecule has 1 aliphatic heterocycles. The molecule has 0 spiro atoms. The number of rotatable bonds is 5. The van der Waals surface area contributed by atoms with Crippen LogP contribution in [0, 0.1) is 0 Å². The van der Waals surface area contributed by atoms with Gasteiger partial charge in [-0.25, -0.2) is 8.42 Å². The molecule has 4 rings (SSSR count). The fraction of sp³-hybridized carbons (Fsp3) is 0.174. The number of methoxy groups -OCH3 is 1. The molecule has 3 aromatic rings. The van der Waals surface area contributed by atoms with E-state index in [2.05, 4.69) is 4.72 Å². The highest BCUT2D eigenvalue weighted by molar-refractivity contribution is 7.92. The van der Waals surface area contributed by atoms with Crippen LogP contribution in [0.2, 0.25) is 0 Å². The molecular formula is C23H22N2O4S. The molecule has 0 saturated carbocycles. The Balaban J connectivity index is 1.53. The van der Waals surface area contributed by atoms with Crippen molar-refractivity contribution < 1.29 is 17.9 Å². The molecule has 30 heavy (non-hydrogen) atoms. The number of sulfonamides is 1. The van der Waals surface area contributed by atoms with Gasteiger partial charge in [-0.3, -0.25) is 9.52 Å². The predicted octanol–water partition coefficient (Wildman–Crippen LogP) is 4.09. The molecule has 1 aliphatic rings. The van der Waals surface area contributed by atoms with Crippen molar-refractivity contribution in [2.75, 3.05) is 23.3 Å². The van der Waals surface area contributed by atoms with Crippen molar-refractivity contribution in [2.45, 2.75) is 17.7 Å². The first-order chi connectivity index (χ1) is 14.5. The van der Waals surface area contributed by atoms with Gasteiger partial charge in [-0.2, -0.15) is 0 Å². The predicted molar refractivity (Wildman–Crippen MR) is 117 cm³/mol. The summed E-state index contributed by atoms with van der Waals surface area (Å²) < 4.78 is 32.7. The molecule has 3 aromatic carbocycles. The lowest BCUT2D eigenvalue weighted by atomic mass is 10.0. The molecule has 0 atom stereocenters. The fourth-order valence-corrected chi connectivity index (χ4v) is 4.64. The fourth-order valence-electron chi connectivity index (χ4n) is 3.56. The first kappa shape index (κ1) is 20.0. The zero-order valence-corrected chi connectivity index (χ0v) is 17.4. The van der Waals surface area contributed by atoms with Gasteiger partial charge in [-0.05, 0) is 73.0 Å². The molecule has 1 N–H and O–H groups in total. The molecule has 6 nitrogen and oxygen atoms in total. The van der Waals surface area contributed by atoms with Gasteiger partial charge in [0.25, 0.3) is 15.9 Å². The van der Waals surface area contributed by atoms with Crippen LogP contribution in [0.25, 0.3) is 0 Å². The molecule has 0 aromatic heterocycles. The Morgan fingerprint density at radius 2 is 1.73 bits per heavy atom. The number of aryl methyl sites for hydroxylation is 1. The zero-order valence-electron chi connectivity index (χ0n) is 16.5. The highest BCUT2D eigenvalue weighted by atomic mass is 32.2. The summed E-state index contributed by atoms with van der Waals surface area (Å²) in [6.45, 7) is 0.639. The van der Waals surface area contributed by atoms with Crippen LogP contribution in [-0.2, 0) is 16.4 Å². The molecule has 1 heterocycles. The molecule has 0 bridgehead atoms. The molecule has 0 saturated heterocycles. The summed E-state index contributed by atoms with van der Waals surface area (Å²) in [4.78, 5) is 15.0. The summed E-state index contributed by atoms with van der Waals surface area (Å²) in [5, 5.41) is 0. The van der Waals surface area contributed by atoms with E-state index in [1.165, 1.54) is 12.1 Å². The van der Waals surface area contributed by atoms with Crippen molar-refractivity contribution in [3.05, 3.63) is 83.9 Å².